The predicted octanol–water partition coefficient (Wildman–Crippen LogP) is -0.527. The lowest BCUT2D eigenvalue weighted by atomic mass is 10.3. The first-order valence-corrected chi connectivity index (χ1v) is 3.13. The molecule has 0 aromatic carbocycles. The van der Waals surface area contributed by atoms with Crippen LogP contribution in [0.4, 0.5) is 0 Å². The summed E-state index contributed by atoms with van der Waals surface area (Å²) in [6.07, 6.45) is 5.03. The Morgan fingerprint density at radius 1 is 1.90 bits per heavy atom. The van der Waals surface area contributed by atoms with Crippen molar-refractivity contribution in [2.45, 2.75) is 19.4 Å². The molecule has 3 N–H and O–H groups in total. The largest absolute Gasteiger partial charge is 0.352 e. The fourth-order valence-electron chi connectivity index (χ4n) is 0.477. The van der Waals surface area contributed by atoms with E-state index in [9.17, 15) is 4.79 Å². The molecule has 0 aliphatic carbocycles. The molecule has 0 spiro atoms. The van der Waals surface area contributed by atoms with Gasteiger partial charge < -0.3 is 11.1 Å². The van der Waals surface area contributed by atoms with Crippen molar-refractivity contribution < 1.29 is 4.79 Å². The third-order valence-corrected chi connectivity index (χ3v) is 1.02. The summed E-state index contributed by atoms with van der Waals surface area (Å²) >= 11 is 0. The molecule has 0 aromatic heterocycles. The lowest BCUT2D eigenvalue weighted by Crippen LogP contribution is -2.37. The highest BCUT2D eigenvalue weighted by Gasteiger charge is 2.01. The molecule has 10 heavy (non-hydrogen) atoms. The Bertz CT molecular complexity index is 148. The second-order valence-corrected chi connectivity index (χ2v) is 2.09. The van der Waals surface area contributed by atoms with Crippen LogP contribution in [0.2, 0.25) is 0 Å². The Morgan fingerprint density at radius 2 is 2.50 bits per heavy atom. The van der Waals surface area contributed by atoms with Gasteiger partial charge in [-0.05, 0) is 6.92 Å². The molecule has 0 aliphatic heterocycles. The highest BCUT2D eigenvalue weighted by molar-refractivity contribution is 5.78. The summed E-state index contributed by atoms with van der Waals surface area (Å²) in [4.78, 5) is 10.7. The van der Waals surface area contributed by atoms with E-state index >= 15 is 0 Å². The molecule has 0 saturated carbocycles. The van der Waals surface area contributed by atoms with Crippen molar-refractivity contribution in [2.75, 3.05) is 6.54 Å². The molecular formula is C7H12N2O. The Morgan fingerprint density at radius 3 is 2.90 bits per heavy atom. The van der Waals surface area contributed by atoms with E-state index in [4.69, 9.17) is 12.2 Å². The molecule has 3 heteroatoms. The van der Waals surface area contributed by atoms with E-state index in [1.54, 1.807) is 0 Å². The fourth-order valence-corrected chi connectivity index (χ4v) is 0.477. The minimum atomic E-state index is -0.138. The van der Waals surface area contributed by atoms with Gasteiger partial charge in [0.15, 0.2) is 0 Å². The standard InChI is InChI=1S/C7H12N2O/c1-3-4-7(10)9-6(2)5-8/h1,6H,4-5,8H2,2H3,(H,9,10). The van der Waals surface area contributed by atoms with E-state index in [1.165, 1.54) is 0 Å². The van der Waals surface area contributed by atoms with Gasteiger partial charge in [0.1, 0.15) is 0 Å². The molecule has 0 radical (unpaired) electrons. The number of nitrogens with two attached hydrogens (primary N) is 1. The van der Waals surface area contributed by atoms with E-state index in [2.05, 4.69) is 11.2 Å². The normalized spacial score (nSPS) is 11.7. The molecule has 3 nitrogen and oxygen atoms in total. The molecule has 1 atom stereocenters. The van der Waals surface area contributed by atoms with Gasteiger partial charge in [-0.25, -0.2) is 0 Å². The minimum Gasteiger partial charge on any atom is -0.352 e. The van der Waals surface area contributed by atoms with Crippen molar-refractivity contribution in [2.24, 2.45) is 5.73 Å². The molecule has 1 amide bonds. The van der Waals surface area contributed by atoms with Crippen LogP contribution in [-0.4, -0.2) is 18.5 Å². The van der Waals surface area contributed by atoms with Gasteiger partial charge in [0.05, 0.1) is 6.42 Å². The van der Waals surface area contributed by atoms with Crippen LogP contribution in [-0.2, 0) is 4.79 Å². The zero-order chi connectivity index (χ0) is 7.98. The molecule has 0 saturated heterocycles. The van der Waals surface area contributed by atoms with Crippen LogP contribution in [0, 0.1) is 12.3 Å². The van der Waals surface area contributed by atoms with Gasteiger partial charge in [0.2, 0.25) is 5.91 Å². The number of carbonyl (C=O) groups excluding carboxylic acids is 1. The SMILES string of the molecule is C#CCC(=O)NC(C)CN. The Balaban J connectivity index is 3.49. The van der Waals surface area contributed by atoms with E-state index < -0.39 is 0 Å². The quantitative estimate of drug-likeness (QED) is 0.518. The zero-order valence-corrected chi connectivity index (χ0v) is 6.05. The summed E-state index contributed by atoms with van der Waals surface area (Å²) in [6, 6.07) is 0.0147. The number of rotatable bonds is 3. The highest BCUT2D eigenvalue weighted by Crippen LogP contribution is 1.79. The maximum Gasteiger partial charge on any atom is 0.232 e. The van der Waals surface area contributed by atoms with Gasteiger partial charge in [-0.15, -0.1) is 6.42 Å². The van der Waals surface area contributed by atoms with E-state index in [1.807, 2.05) is 6.92 Å². The van der Waals surface area contributed by atoms with Gasteiger partial charge in [-0.1, -0.05) is 5.92 Å². The van der Waals surface area contributed by atoms with Crippen LogP contribution in [0.25, 0.3) is 0 Å². The van der Waals surface area contributed by atoms with Crippen LogP contribution in [0.3, 0.4) is 0 Å². The third kappa shape index (κ3) is 3.93. The van der Waals surface area contributed by atoms with Crippen LogP contribution >= 0.6 is 0 Å². The zero-order valence-electron chi connectivity index (χ0n) is 6.05. The summed E-state index contributed by atoms with van der Waals surface area (Å²) in [7, 11) is 0. The molecule has 56 valence electrons. The van der Waals surface area contributed by atoms with E-state index in [-0.39, 0.29) is 18.4 Å². The summed E-state index contributed by atoms with van der Waals surface area (Å²) in [5.74, 6) is 2.11. The first kappa shape index (κ1) is 8.99. The Hall–Kier alpha value is -1.01. The molecular weight excluding hydrogens is 128 g/mol. The highest BCUT2D eigenvalue weighted by atomic mass is 16.1. The second-order valence-electron chi connectivity index (χ2n) is 2.09. The van der Waals surface area contributed by atoms with Gasteiger partial charge in [-0.2, -0.15) is 0 Å². The average Bonchev–Trinajstić information content (AvgIpc) is 1.88. The topological polar surface area (TPSA) is 55.1 Å². The first-order valence-electron chi connectivity index (χ1n) is 3.13. The number of hydrogen-bond acceptors (Lipinski definition) is 2. The summed E-state index contributed by atoms with van der Waals surface area (Å²) in [5.41, 5.74) is 5.25. The molecule has 0 heterocycles. The number of amides is 1. The van der Waals surface area contributed by atoms with Crippen molar-refractivity contribution in [1.29, 1.82) is 0 Å². The second kappa shape index (κ2) is 4.83. The van der Waals surface area contributed by atoms with Crippen molar-refractivity contribution in [3.05, 3.63) is 0 Å². The number of hydrogen-bond donors (Lipinski definition) is 2. The Labute approximate surface area is 61.0 Å². The van der Waals surface area contributed by atoms with Crippen molar-refractivity contribution in [1.82, 2.24) is 5.32 Å². The van der Waals surface area contributed by atoms with E-state index in [0.29, 0.717) is 6.54 Å². The number of nitrogens with one attached hydrogen (secondary N) is 1. The predicted molar refractivity (Wildman–Crippen MR) is 40.1 cm³/mol. The average molecular weight is 140 g/mol. The fraction of sp³-hybridized carbons (Fsp3) is 0.571. The molecule has 0 aliphatic rings. The van der Waals surface area contributed by atoms with E-state index in [0.717, 1.165) is 0 Å². The van der Waals surface area contributed by atoms with Gasteiger partial charge in [0, 0.05) is 12.6 Å². The smallest absolute Gasteiger partial charge is 0.232 e. The monoisotopic (exact) mass is 140 g/mol. The summed E-state index contributed by atoms with van der Waals surface area (Å²) < 4.78 is 0. The van der Waals surface area contributed by atoms with Gasteiger partial charge >= 0.3 is 0 Å². The third-order valence-electron chi connectivity index (χ3n) is 1.02. The van der Waals surface area contributed by atoms with Crippen molar-refractivity contribution in [3.63, 3.8) is 0 Å². The van der Waals surface area contributed by atoms with Crippen LogP contribution in [0.15, 0.2) is 0 Å². The molecule has 1 unspecified atom stereocenters. The number of carbonyl (C=O) groups is 1. The summed E-state index contributed by atoms with van der Waals surface area (Å²) in [6.45, 7) is 2.27. The maximum absolute atomic E-state index is 10.7. The lowest BCUT2D eigenvalue weighted by Gasteiger charge is -2.08. The summed E-state index contributed by atoms with van der Waals surface area (Å²) in [5, 5.41) is 2.62. The minimum absolute atomic E-state index is 0.0147. The molecule has 0 aromatic rings. The van der Waals surface area contributed by atoms with Gasteiger partial charge in [-0.3, -0.25) is 4.79 Å². The first-order chi connectivity index (χ1) is 4.70. The van der Waals surface area contributed by atoms with Crippen LogP contribution in [0.5, 0.6) is 0 Å². The Kier molecular flexibility index (Phi) is 4.34. The lowest BCUT2D eigenvalue weighted by molar-refractivity contribution is -0.120. The van der Waals surface area contributed by atoms with Crippen molar-refractivity contribution >= 4 is 5.91 Å². The number of terminal acetylenes is 1. The molecule has 0 fully saturated rings. The maximum atomic E-state index is 10.7. The van der Waals surface area contributed by atoms with Crippen LogP contribution in [0.1, 0.15) is 13.3 Å². The van der Waals surface area contributed by atoms with Gasteiger partial charge in [0.25, 0.3) is 0 Å². The van der Waals surface area contributed by atoms with Crippen LogP contribution < -0.4 is 11.1 Å². The molecule has 0 bridgehead atoms. The molecule has 0 rings (SSSR count). The van der Waals surface area contributed by atoms with Crippen molar-refractivity contribution in [3.8, 4) is 12.3 Å².